The fourth-order valence-corrected chi connectivity index (χ4v) is 1.99. The van der Waals surface area contributed by atoms with Gasteiger partial charge in [-0.3, -0.25) is 0 Å². The molecule has 0 saturated carbocycles. The molecule has 0 bridgehead atoms. The average Bonchev–Trinajstić information content (AvgIpc) is 2.30. The van der Waals surface area contributed by atoms with Crippen molar-refractivity contribution in [1.82, 2.24) is 0 Å². The van der Waals surface area contributed by atoms with Crippen molar-refractivity contribution in [2.75, 3.05) is 0 Å². The van der Waals surface area contributed by atoms with Gasteiger partial charge in [0.2, 0.25) is 0 Å². The van der Waals surface area contributed by atoms with Crippen molar-refractivity contribution < 1.29 is 0 Å². The van der Waals surface area contributed by atoms with Crippen molar-refractivity contribution >= 4 is 15.9 Å². The van der Waals surface area contributed by atoms with Crippen LogP contribution in [0.15, 0.2) is 53.0 Å². The molecule has 2 rings (SSSR count). The Balaban J connectivity index is 2.55. The second kappa shape index (κ2) is 4.33. The molecule has 15 heavy (non-hydrogen) atoms. The first-order valence-corrected chi connectivity index (χ1v) is 5.42. The Labute approximate surface area is 98.1 Å². The van der Waals surface area contributed by atoms with E-state index in [1.54, 1.807) is 0 Å². The molecule has 0 heterocycles. The average molecular weight is 257 g/mol. The number of hydrogen-bond donors (Lipinski definition) is 0. The summed E-state index contributed by atoms with van der Waals surface area (Å²) < 4.78 is 1.08. The van der Waals surface area contributed by atoms with Crippen LogP contribution in [0.3, 0.4) is 0 Å². The molecule has 2 aromatic carbocycles. The maximum atomic E-state index is 5.37. The van der Waals surface area contributed by atoms with Gasteiger partial charge in [-0.2, -0.15) is 0 Å². The van der Waals surface area contributed by atoms with Crippen LogP contribution in [0, 0.1) is 12.3 Å². The molecule has 1 heteroatoms. The zero-order valence-electron chi connectivity index (χ0n) is 8.07. The van der Waals surface area contributed by atoms with Crippen LogP contribution in [0.4, 0.5) is 0 Å². The molecule has 72 valence electrons. The molecule has 0 saturated heterocycles. The summed E-state index contributed by atoms with van der Waals surface area (Å²) in [7, 11) is 0. The maximum absolute atomic E-state index is 5.37. The molecule has 0 aromatic heterocycles. The van der Waals surface area contributed by atoms with Crippen LogP contribution in [0.5, 0.6) is 0 Å². The highest BCUT2D eigenvalue weighted by molar-refractivity contribution is 9.10. The third kappa shape index (κ3) is 2.11. The first-order chi connectivity index (χ1) is 7.31. The topological polar surface area (TPSA) is 0 Å². The van der Waals surface area contributed by atoms with Crippen LogP contribution in [-0.2, 0) is 0 Å². The first-order valence-electron chi connectivity index (χ1n) is 4.63. The Kier molecular flexibility index (Phi) is 2.89. The van der Waals surface area contributed by atoms with Crippen LogP contribution >= 0.6 is 15.9 Å². The lowest BCUT2D eigenvalue weighted by molar-refractivity contribution is 1.57. The minimum absolute atomic E-state index is 0.906. The predicted octanol–water partition coefficient (Wildman–Crippen LogP) is 4.10. The molecule has 0 aliphatic carbocycles. The summed E-state index contributed by atoms with van der Waals surface area (Å²) in [6, 6.07) is 16.1. The molecular weight excluding hydrogens is 248 g/mol. The Morgan fingerprint density at radius 1 is 1.00 bits per heavy atom. The molecule has 0 unspecified atom stereocenters. The highest BCUT2D eigenvalue weighted by Crippen LogP contribution is 2.28. The first kappa shape index (κ1) is 10.0. The molecule has 0 nitrogen and oxygen atoms in total. The fraction of sp³-hybridized carbons (Fsp3) is 0. The molecule has 0 radical (unpaired) electrons. The zero-order chi connectivity index (χ0) is 10.7. The molecule has 0 spiro atoms. The normalized spacial score (nSPS) is 9.60. The highest BCUT2D eigenvalue weighted by Gasteiger charge is 2.01. The van der Waals surface area contributed by atoms with Gasteiger partial charge in [-0.05, 0) is 29.3 Å². The summed E-state index contributed by atoms with van der Waals surface area (Å²) in [4.78, 5) is 0. The quantitative estimate of drug-likeness (QED) is 0.675. The van der Waals surface area contributed by atoms with Crippen molar-refractivity contribution in [2.24, 2.45) is 0 Å². The van der Waals surface area contributed by atoms with E-state index in [2.05, 4.69) is 34.0 Å². The van der Waals surface area contributed by atoms with Crippen molar-refractivity contribution in [1.29, 1.82) is 0 Å². The van der Waals surface area contributed by atoms with E-state index in [4.69, 9.17) is 6.42 Å². The van der Waals surface area contributed by atoms with Gasteiger partial charge >= 0.3 is 0 Å². The van der Waals surface area contributed by atoms with Gasteiger partial charge in [0.1, 0.15) is 0 Å². The van der Waals surface area contributed by atoms with E-state index in [0.717, 1.165) is 21.2 Å². The summed E-state index contributed by atoms with van der Waals surface area (Å²) >= 11 is 3.53. The van der Waals surface area contributed by atoms with Gasteiger partial charge in [-0.1, -0.05) is 52.2 Å². The van der Waals surface area contributed by atoms with Gasteiger partial charge in [-0.15, -0.1) is 6.42 Å². The van der Waals surface area contributed by atoms with Crippen LogP contribution in [-0.4, -0.2) is 0 Å². The number of hydrogen-bond acceptors (Lipinski definition) is 0. The van der Waals surface area contributed by atoms with E-state index in [0.29, 0.717) is 0 Å². The largest absolute Gasteiger partial charge is 0.115 e. The van der Waals surface area contributed by atoms with E-state index < -0.39 is 0 Å². The fourth-order valence-electron chi connectivity index (χ4n) is 1.47. The molecule has 0 amide bonds. The minimum Gasteiger partial charge on any atom is -0.115 e. The zero-order valence-corrected chi connectivity index (χ0v) is 9.66. The van der Waals surface area contributed by atoms with Gasteiger partial charge < -0.3 is 0 Å². The van der Waals surface area contributed by atoms with Crippen molar-refractivity contribution in [3.63, 3.8) is 0 Å². The maximum Gasteiger partial charge on any atom is 0.0253 e. The van der Waals surface area contributed by atoms with E-state index in [1.165, 1.54) is 0 Å². The van der Waals surface area contributed by atoms with Crippen LogP contribution in [0.2, 0.25) is 0 Å². The number of terminal acetylenes is 1. The molecule has 0 aliphatic heterocycles. The molecule has 0 N–H and O–H groups in total. The van der Waals surface area contributed by atoms with E-state index in [1.807, 2.05) is 36.4 Å². The Morgan fingerprint density at radius 2 is 1.80 bits per heavy atom. The monoisotopic (exact) mass is 256 g/mol. The van der Waals surface area contributed by atoms with Gasteiger partial charge in [0, 0.05) is 10.0 Å². The Bertz CT molecular complexity index is 521. The molecule has 0 fully saturated rings. The highest BCUT2D eigenvalue weighted by atomic mass is 79.9. The summed E-state index contributed by atoms with van der Waals surface area (Å²) in [5, 5.41) is 0. The smallest absolute Gasteiger partial charge is 0.0253 e. The number of benzene rings is 2. The van der Waals surface area contributed by atoms with Gasteiger partial charge in [0.25, 0.3) is 0 Å². The van der Waals surface area contributed by atoms with E-state index in [-0.39, 0.29) is 0 Å². The van der Waals surface area contributed by atoms with Gasteiger partial charge in [0.15, 0.2) is 0 Å². The van der Waals surface area contributed by atoms with Gasteiger partial charge in [0.05, 0.1) is 0 Å². The third-order valence-corrected chi connectivity index (χ3v) is 2.91. The lowest BCUT2D eigenvalue weighted by Crippen LogP contribution is -1.81. The minimum atomic E-state index is 0.906. The molecule has 2 aromatic rings. The predicted molar refractivity (Wildman–Crippen MR) is 67.5 cm³/mol. The van der Waals surface area contributed by atoms with Crippen LogP contribution in [0.25, 0.3) is 11.1 Å². The second-order valence-electron chi connectivity index (χ2n) is 3.20. The van der Waals surface area contributed by atoms with Crippen molar-refractivity contribution in [2.45, 2.75) is 0 Å². The Morgan fingerprint density at radius 3 is 2.53 bits per heavy atom. The van der Waals surface area contributed by atoms with Crippen LogP contribution < -0.4 is 0 Å². The second-order valence-corrected chi connectivity index (χ2v) is 4.06. The molecular formula is C14H9Br. The summed E-state index contributed by atoms with van der Waals surface area (Å²) in [5.41, 5.74) is 3.20. The van der Waals surface area contributed by atoms with Crippen molar-refractivity contribution in [3.8, 4) is 23.5 Å². The lowest BCUT2D eigenvalue weighted by Gasteiger charge is -2.04. The van der Waals surface area contributed by atoms with E-state index >= 15 is 0 Å². The summed E-state index contributed by atoms with van der Waals surface area (Å²) in [6.07, 6.45) is 5.37. The number of rotatable bonds is 1. The standard InChI is InChI=1S/C14H9Br/c1-2-11-6-5-7-12(10-11)13-8-3-4-9-14(13)15/h1,3-10H. The summed E-state index contributed by atoms with van der Waals surface area (Å²) in [6.45, 7) is 0. The van der Waals surface area contributed by atoms with E-state index in [9.17, 15) is 0 Å². The van der Waals surface area contributed by atoms with Crippen molar-refractivity contribution in [3.05, 3.63) is 58.6 Å². The third-order valence-electron chi connectivity index (χ3n) is 2.21. The lowest BCUT2D eigenvalue weighted by atomic mass is 10.0. The molecule has 0 atom stereocenters. The van der Waals surface area contributed by atoms with Gasteiger partial charge in [-0.25, -0.2) is 0 Å². The van der Waals surface area contributed by atoms with Crippen LogP contribution in [0.1, 0.15) is 5.56 Å². The summed E-state index contributed by atoms with van der Waals surface area (Å²) in [5.74, 6) is 2.64. The number of halogens is 1. The SMILES string of the molecule is C#Cc1cccc(-c2ccccc2Br)c1. The molecule has 0 aliphatic rings. The Hall–Kier alpha value is -1.52.